The van der Waals surface area contributed by atoms with Crippen LogP contribution in [0, 0.1) is 0 Å². The number of hydrogen-bond acceptors (Lipinski definition) is 2. The van der Waals surface area contributed by atoms with E-state index in [0.717, 1.165) is 57.7 Å². The number of rotatable bonds is 4. The Labute approximate surface area is 183 Å². The molecule has 2 N–H and O–H groups in total. The van der Waals surface area contributed by atoms with E-state index >= 15 is 0 Å². The predicted molar refractivity (Wildman–Crippen MR) is 118 cm³/mol. The van der Waals surface area contributed by atoms with Crippen LogP contribution in [0.2, 0.25) is 0 Å². The molecule has 1 aliphatic rings. The van der Waals surface area contributed by atoms with E-state index in [1.807, 2.05) is 42.5 Å². The van der Waals surface area contributed by atoms with Crippen LogP contribution in [-0.2, 0) is 11.8 Å². The van der Waals surface area contributed by atoms with Crippen molar-refractivity contribution in [1.29, 1.82) is 0 Å². The van der Waals surface area contributed by atoms with Crippen molar-refractivity contribution in [3.05, 3.63) is 89.2 Å². The second-order valence-electron chi connectivity index (χ2n) is 9.03. The molecule has 1 aliphatic carbocycles. The third-order valence-corrected chi connectivity index (χ3v) is 6.21. The van der Waals surface area contributed by atoms with Gasteiger partial charge in [0, 0.05) is 5.92 Å². The molecule has 4 aromatic rings. The van der Waals surface area contributed by atoms with Crippen LogP contribution in [-0.4, -0.2) is 15.1 Å². The highest BCUT2D eigenvalue weighted by Gasteiger charge is 2.42. The van der Waals surface area contributed by atoms with Crippen LogP contribution in [0.1, 0.15) is 54.6 Å². The van der Waals surface area contributed by atoms with E-state index < -0.39 is 17.3 Å². The number of nitrogens with zero attached hydrogens (tertiary/aromatic N) is 1. The van der Waals surface area contributed by atoms with Crippen molar-refractivity contribution in [3.63, 3.8) is 0 Å². The Morgan fingerprint density at radius 2 is 1.66 bits per heavy atom. The number of H-pyrrole nitrogens is 1. The lowest BCUT2D eigenvalue weighted by Gasteiger charge is -2.21. The molecule has 164 valence electrons. The van der Waals surface area contributed by atoms with E-state index in [1.165, 1.54) is 0 Å². The Balaban J connectivity index is 1.42. The summed E-state index contributed by atoms with van der Waals surface area (Å²) in [6.07, 6.45) is -3.46. The summed E-state index contributed by atoms with van der Waals surface area (Å²) in [6.45, 7) is 3.54. The predicted octanol–water partition coefficient (Wildman–Crippen LogP) is 6.75. The second-order valence-corrected chi connectivity index (χ2v) is 9.03. The zero-order valence-electron chi connectivity index (χ0n) is 17.7. The first-order chi connectivity index (χ1) is 15.1. The Morgan fingerprint density at radius 1 is 0.938 bits per heavy atom. The molecule has 1 fully saturated rings. The van der Waals surface area contributed by atoms with Crippen molar-refractivity contribution >= 4 is 11.0 Å². The molecular formula is C26H23F3N2O. The average Bonchev–Trinajstić information content (AvgIpc) is 3.44. The van der Waals surface area contributed by atoms with Crippen LogP contribution in [0.4, 0.5) is 13.2 Å². The van der Waals surface area contributed by atoms with Crippen LogP contribution in [0.15, 0.2) is 66.7 Å². The topological polar surface area (TPSA) is 48.9 Å². The third-order valence-electron chi connectivity index (χ3n) is 6.21. The molecule has 0 unspecified atom stereocenters. The quantitative estimate of drug-likeness (QED) is 0.372. The molecular weight excluding hydrogens is 413 g/mol. The summed E-state index contributed by atoms with van der Waals surface area (Å²) >= 11 is 0. The van der Waals surface area contributed by atoms with Gasteiger partial charge in [0.05, 0.1) is 22.2 Å². The normalized spacial score (nSPS) is 18.8. The average molecular weight is 436 g/mol. The summed E-state index contributed by atoms with van der Waals surface area (Å²) in [5.74, 6) is 1.21. The lowest BCUT2D eigenvalue weighted by Crippen LogP contribution is -2.16. The molecule has 0 spiro atoms. The number of imidazole rings is 1. The Kier molecular flexibility index (Phi) is 4.67. The van der Waals surface area contributed by atoms with Crippen molar-refractivity contribution in [2.75, 3.05) is 0 Å². The summed E-state index contributed by atoms with van der Waals surface area (Å²) in [5.41, 5.74) is 3.85. The number of benzene rings is 3. The monoisotopic (exact) mass is 436 g/mol. The number of aromatic nitrogens is 2. The first-order valence-corrected chi connectivity index (χ1v) is 10.6. The molecule has 1 aromatic heterocycles. The van der Waals surface area contributed by atoms with E-state index in [2.05, 4.69) is 4.98 Å². The van der Waals surface area contributed by atoms with E-state index in [1.54, 1.807) is 26.0 Å². The van der Waals surface area contributed by atoms with E-state index in [9.17, 15) is 18.3 Å². The third kappa shape index (κ3) is 3.79. The highest BCUT2D eigenvalue weighted by atomic mass is 19.4. The lowest BCUT2D eigenvalue weighted by molar-refractivity contribution is -0.137. The summed E-state index contributed by atoms with van der Waals surface area (Å²) in [7, 11) is 0. The fourth-order valence-corrected chi connectivity index (χ4v) is 4.42. The van der Waals surface area contributed by atoms with Gasteiger partial charge in [-0.2, -0.15) is 13.2 Å². The number of aromatic amines is 1. The molecule has 0 amide bonds. The minimum Gasteiger partial charge on any atom is -0.386 e. The largest absolute Gasteiger partial charge is 0.416 e. The zero-order chi connectivity index (χ0) is 22.7. The van der Waals surface area contributed by atoms with Crippen molar-refractivity contribution in [2.45, 2.75) is 43.9 Å². The highest BCUT2D eigenvalue weighted by Crippen LogP contribution is 2.54. The van der Waals surface area contributed by atoms with Gasteiger partial charge in [0.2, 0.25) is 0 Å². The Hall–Kier alpha value is -3.12. The molecule has 0 bridgehead atoms. The fraction of sp³-hybridized carbons (Fsp3) is 0.269. The number of alkyl halides is 3. The van der Waals surface area contributed by atoms with Gasteiger partial charge >= 0.3 is 6.18 Å². The molecule has 3 aromatic carbocycles. The van der Waals surface area contributed by atoms with Crippen LogP contribution in [0.5, 0.6) is 0 Å². The van der Waals surface area contributed by atoms with E-state index in [-0.39, 0.29) is 11.8 Å². The number of halogens is 3. The molecule has 0 saturated heterocycles. The minimum absolute atomic E-state index is 0.172. The number of fused-ring (bicyclic) bond motifs is 1. The maximum absolute atomic E-state index is 12.8. The molecule has 1 saturated carbocycles. The Bertz CT molecular complexity index is 1280. The van der Waals surface area contributed by atoms with Crippen LogP contribution in [0.3, 0.4) is 0 Å². The molecule has 2 atom stereocenters. The van der Waals surface area contributed by atoms with Gasteiger partial charge in [0.25, 0.3) is 0 Å². The number of nitrogens with one attached hydrogen (secondary N) is 1. The zero-order valence-corrected chi connectivity index (χ0v) is 17.7. The molecule has 3 nitrogen and oxygen atoms in total. The van der Waals surface area contributed by atoms with Gasteiger partial charge in [-0.25, -0.2) is 4.98 Å². The Morgan fingerprint density at radius 3 is 2.34 bits per heavy atom. The highest BCUT2D eigenvalue weighted by molar-refractivity contribution is 5.83. The summed E-state index contributed by atoms with van der Waals surface area (Å²) in [5, 5.41) is 10.5. The molecule has 1 heterocycles. The number of hydrogen-bond donors (Lipinski definition) is 2. The first kappa shape index (κ1) is 20.8. The first-order valence-electron chi connectivity index (χ1n) is 10.6. The number of aliphatic hydroxyl groups is 1. The molecule has 0 aliphatic heterocycles. The summed E-state index contributed by atoms with van der Waals surface area (Å²) in [4.78, 5) is 8.16. The minimum atomic E-state index is -4.32. The molecule has 32 heavy (non-hydrogen) atoms. The molecule has 5 rings (SSSR count). The van der Waals surface area contributed by atoms with Gasteiger partial charge < -0.3 is 10.1 Å². The van der Waals surface area contributed by atoms with Crippen molar-refractivity contribution < 1.29 is 18.3 Å². The molecule has 6 heteroatoms. The van der Waals surface area contributed by atoms with Crippen molar-refractivity contribution in [2.24, 2.45) is 0 Å². The maximum Gasteiger partial charge on any atom is 0.416 e. The van der Waals surface area contributed by atoms with Gasteiger partial charge in [0.15, 0.2) is 0 Å². The van der Waals surface area contributed by atoms with E-state index in [4.69, 9.17) is 4.98 Å². The second kappa shape index (κ2) is 7.20. The van der Waals surface area contributed by atoms with Crippen molar-refractivity contribution in [3.8, 4) is 11.1 Å². The standard InChI is InChI=1S/C26H23F3N2O/c1-25(2,32)21-6-4-3-5-18(21)16-9-12-22-23(13-16)31-24(30-22)20-14-19(20)15-7-10-17(11-8-15)26(27,28)29/h3-13,19-20,32H,14H2,1-2H3,(H,30,31)/t19-,20-/m0/s1. The summed E-state index contributed by atoms with van der Waals surface area (Å²) < 4.78 is 38.4. The van der Waals surface area contributed by atoms with Crippen LogP contribution in [0.25, 0.3) is 22.2 Å². The summed E-state index contributed by atoms with van der Waals surface area (Å²) in [6, 6.07) is 19.2. The molecule has 0 radical (unpaired) electrons. The van der Waals surface area contributed by atoms with Crippen LogP contribution < -0.4 is 0 Å². The van der Waals surface area contributed by atoms with Crippen molar-refractivity contribution in [1.82, 2.24) is 9.97 Å². The SMILES string of the molecule is CC(C)(O)c1ccccc1-c1ccc2[nH]c([C@H]3C[C@H]3c3ccc(C(F)(F)F)cc3)nc2c1. The smallest absolute Gasteiger partial charge is 0.386 e. The lowest BCUT2D eigenvalue weighted by atomic mass is 9.89. The van der Waals surface area contributed by atoms with Gasteiger partial charge in [0.1, 0.15) is 5.82 Å². The van der Waals surface area contributed by atoms with E-state index in [0.29, 0.717) is 0 Å². The van der Waals surface area contributed by atoms with Gasteiger partial charge in [-0.05, 0) is 72.7 Å². The van der Waals surface area contributed by atoms with Crippen LogP contribution >= 0.6 is 0 Å². The van der Waals surface area contributed by atoms with Gasteiger partial charge in [-0.3, -0.25) is 0 Å². The fourth-order valence-electron chi connectivity index (χ4n) is 4.42. The van der Waals surface area contributed by atoms with Gasteiger partial charge in [-0.1, -0.05) is 42.5 Å². The van der Waals surface area contributed by atoms with Gasteiger partial charge in [-0.15, -0.1) is 0 Å². The maximum atomic E-state index is 12.8.